The molecule has 0 spiro atoms. The molecular formula is C18H13FN4O2S. The number of halogens is 1. The predicted molar refractivity (Wildman–Crippen MR) is 97.6 cm³/mol. The number of carbonyl (C=O) groups excluding carboxylic acids is 1. The highest BCUT2D eigenvalue weighted by Gasteiger charge is 2.13. The molecule has 8 heteroatoms. The van der Waals surface area contributed by atoms with Crippen LogP contribution in [0.15, 0.2) is 54.7 Å². The van der Waals surface area contributed by atoms with Crippen LogP contribution in [0, 0.1) is 5.82 Å². The lowest BCUT2D eigenvalue weighted by Crippen LogP contribution is -2.13. The summed E-state index contributed by atoms with van der Waals surface area (Å²) in [5, 5.41) is 7.46. The van der Waals surface area contributed by atoms with Gasteiger partial charge in [0.25, 0.3) is 5.91 Å². The van der Waals surface area contributed by atoms with Crippen LogP contribution in [0.3, 0.4) is 0 Å². The lowest BCUT2D eigenvalue weighted by Gasteiger charge is -2.01. The van der Waals surface area contributed by atoms with Crippen molar-refractivity contribution in [2.75, 3.05) is 12.4 Å². The van der Waals surface area contributed by atoms with Crippen molar-refractivity contribution in [3.05, 3.63) is 66.2 Å². The van der Waals surface area contributed by atoms with E-state index in [4.69, 9.17) is 4.74 Å². The summed E-state index contributed by atoms with van der Waals surface area (Å²) in [6, 6.07) is 13.0. The van der Waals surface area contributed by atoms with Gasteiger partial charge in [0, 0.05) is 6.20 Å². The van der Waals surface area contributed by atoms with E-state index in [0.717, 1.165) is 16.0 Å². The van der Waals surface area contributed by atoms with E-state index in [0.29, 0.717) is 10.8 Å². The molecule has 2 aromatic heterocycles. The van der Waals surface area contributed by atoms with E-state index in [9.17, 15) is 9.18 Å². The molecular weight excluding hydrogens is 355 g/mol. The van der Waals surface area contributed by atoms with Crippen molar-refractivity contribution >= 4 is 32.6 Å². The highest BCUT2D eigenvalue weighted by molar-refractivity contribution is 7.22. The standard InChI is InChI=1S/C18H13FN4O2S/c1-25-13-6-7-14-16(10-13)26-18(20-14)21-17(24)15-8-9-23(22-15)12-4-2-11(19)3-5-12/h2-10H,1H3,(H,20,21,24). The van der Waals surface area contributed by atoms with Gasteiger partial charge in [-0.2, -0.15) is 5.10 Å². The fourth-order valence-electron chi connectivity index (χ4n) is 2.43. The minimum atomic E-state index is -0.364. The Bertz CT molecular complexity index is 1090. The molecule has 26 heavy (non-hydrogen) atoms. The third-order valence-corrected chi connectivity index (χ3v) is 4.66. The molecule has 0 aliphatic carbocycles. The van der Waals surface area contributed by atoms with E-state index in [2.05, 4.69) is 15.4 Å². The summed E-state index contributed by atoms with van der Waals surface area (Å²) in [6.07, 6.45) is 1.64. The number of ether oxygens (including phenoxy) is 1. The predicted octanol–water partition coefficient (Wildman–Crippen LogP) is 3.88. The first-order valence-electron chi connectivity index (χ1n) is 7.70. The molecule has 0 radical (unpaired) electrons. The van der Waals surface area contributed by atoms with E-state index in [1.54, 1.807) is 31.5 Å². The van der Waals surface area contributed by atoms with E-state index < -0.39 is 0 Å². The van der Waals surface area contributed by atoms with Crippen LogP contribution in [0.1, 0.15) is 10.5 Å². The average molecular weight is 368 g/mol. The summed E-state index contributed by atoms with van der Waals surface area (Å²) in [6.45, 7) is 0. The number of rotatable bonds is 4. The van der Waals surface area contributed by atoms with E-state index in [1.165, 1.54) is 28.2 Å². The summed E-state index contributed by atoms with van der Waals surface area (Å²) >= 11 is 1.36. The van der Waals surface area contributed by atoms with Crippen LogP contribution in [-0.4, -0.2) is 27.8 Å². The maximum absolute atomic E-state index is 13.0. The Morgan fingerprint density at radius 1 is 1.19 bits per heavy atom. The third-order valence-electron chi connectivity index (χ3n) is 3.73. The molecule has 0 fully saturated rings. The summed E-state index contributed by atoms with van der Waals surface area (Å²) in [5.74, 6) is 0.0419. The lowest BCUT2D eigenvalue weighted by atomic mass is 10.3. The van der Waals surface area contributed by atoms with Crippen molar-refractivity contribution in [3.8, 4) is 11.4 Å². The van der Waals surface area contributed by atoms with Crippen LogP contribution in [0.25, 0.3) is 15.9 Å². The number of anilines is 1. The van der Waals surface area contributed by atoms with Gasteiger partial charge in [-0.1, -0.05) is 11.3 Å². The van der Waals surface area contributed by atoms with Crippen molar-refractivity contribution in [2.45, 2.75) is 0 Å². The SMILES string of the molecule is COc1ccc2nc(NC(=O)c3ccn(-c4ccc(F)cc4)n3)sc2c1. The first kappa shape index (κ1) is 16.2. The smallest absolute Gasteiger partial charge is 0.277 e. The summed E-state index contributed by atoms with van der Waals surface area (Å²) in [4.78, 5) is 16.8. The molecule has 0 saturated heterocycles. The topological polar surface area (TPSA) is 69.0 Å². The zero-order valence-corrected chi connectivity index (χ0v) is 14.5. The van der Waals surface area contributed by atoms with Crippen LogP contribution in [-0.2, 0) is 0 Å². The monoisotopic (exact) mass is 368 g/mol. The Hall–Kier alpha value is -3.26. The number of fused-ring (bicyclic) bond motifs is 1. The normalized spacial score (nSPS) is 10.8. The molecule has 0 saturated carbocycles. The zero-order chi connectivity index (χ0) is 18.1. The number of aromatic nitrogens is 3. The number of amides is 1. The number of benzene rings is 2. The largest absolute Gasteiger partial charge is 0.497 e. The van der Waals surface area contributed by atoms with Gasteiger partial charge in [-0.25, -0.2) is 14.1 Å². The molecule has 130 valence electrons. The maximum Gasteiger partial charge on any atom is 0.277 e. The van der Waals surface area contributed by atoms with Crippen LogP contribution in [0.2, 0.25) is 0 Å². The van der Waals surface area contributed by atoms with Gasteiger partial charge < -0.3 is 4.74 Å². The number of thiazole rings is 1. The fraction of sp³-hybridized carbons (Fsp3) is 0.0556. The van der Waals surface area contributed by atoms with Crippen LogP contribution >= 0.6 is 11.3 Å². The Labute approximate surface area is 151 Å². The minimum Gasteiger partial charge on any atom is -0.497 e. The Kier molecular flexibility index (Phi) is 4.10. The van der Waals surface area contributed by atoms with Gasteiger partial charge in [0.05, 0.1) is 23.0 Å². The molecule has 0 aliphatic rings. The second-order valence-corrected chi connectivity index (χ2v) is 6.46. The second-order valence-electron chi connectivity index (χ2n) is 5.43. The van der Waals surface area contributed by atoms with Crippen LogP contribution in [0.4, 0.5) is 9.52 Å². The number of carbonyl (C=O) groups is 1. The van der Waals surface area contributed by atoms with Gasteiger partial charge in [0.15, 0.2) is 10.8 Å². The Balaban J connectivity index is 1.54. The molecule has 2 heterocycles. The molecule has 0 aliphatic heterocycles. The van der Waals surface area contributed by atoms with Crippen molar-refractivity contribution in [1.82, 2.24) is 14.8 Å². The molecule has 0 atom stereocenters. The van der Waals surface area contributed by atoms with Crippen molar-refractivity contribution < 1.29 is 13.9 Å². The van der Waals surface area contributed by atoms with Gasteiger partial charge in [-0.3, -0.25) is 10.1 Å². The minimum absolute atomic E-state index is 0.242. The molecule has 2 aromatic carbocycles. The van der Waals surface area contributed by atoms with Crippen molar-refractivity contribution in [1.29, 1.82) is 0 Å². The highest BCUT2D eigenvalue weighted by atomic mass is 32.1. The summed E-state index contributed by atoms with van der Waals surface area (Å²) in [5.41, 5.74) is 1.69. The van der Waals surface area contributed by atoms with Gasteiger partial charge in [0.2, 0.25) is 0 Å². The molecule has 0 unspecified atom stereocenters. The van der Waals surface area contributed by atoms with Crippen molar-refractivity contribution in [2.24, 2.45) is 0 Å². The molecule has 1 N–H and O–H groups in total. The van der Waals surface area contributed by atoms with Gasteiger partial charge in [0.1, 0.15) is 11.6 Å². The number of hydrogen-bond donors (Lipinski definition) is 1. The quantitative estimate of drug-likeness (QED) is 0.593. The van der Waals surface area contributed by atoms with Crippen LogP contribution < -0.4 is 10.1 Å². The molecule has 4 aromatic rings. The first-order chi connectivity index (χ1) is 12.6. The van der Waals surface area contributed by atoms with Gasteiger partial charge in [-0.05, 0) is 48.5 Å². The Morgan fingerprint density at radius 2 is 2.00 bits per heavy atom. The molecule has 6 nitrogen and oxygen atoms in total. The van der Waals surface area contributed by atoms with E-state index >= 15 is 0 Å². The maximum atomic E-state index is 13.0. The number of methoxy groups -OCH3 is 1. The fourth-order valence-corrected chi connectivity index (χ4v) is 3.32. The second kappa shape index (κ2) is 6.57. The molecule has 1 amide bonds. The van der Waals surface area contributed by atoms with Gasteiger partial charge in [-0.15, -0.1) is 0 Å². The summed E-state index contributed by atoms with van der Waals surface area (Å²) < 4.78 is 20.6. The molecule has 4 rings (SSSR count). The number of hydrogen-bond acceptors (Lipinski definition) is 5. The van der Waals surface area contributed by atoms with Crippen molar-refractivity contribution in [3.63, 3.8) is 0 Å². The third kappa shape index (κ3) is 3.14. The average Bonchev–Trinajstić information content (AvgIpc) is 3.28. The molecule has 0 bridgehead atoms. The highest BCUT2D eigenvalue weighted by Crippen LogP contribution is 2.29. The van der Waals surface area contributed by atoms with Gasteiger partial charge >= 0.3 is 0 Å². The summed E-state index contributed by atoms with van der Waals surface area (Å²) in [7, 11) is 1.60. The van der Waals surface area contributed by atoms with Crippen LogP contribution in [0.5, 0.6) is 5.75 Å². The number of nitrogens with zero attached hydrogens (tertiary/aromatic N) is 3. The Morgan fingerprint density at radius 3 is 2.77 bits per heavy atom. The van der Waals surface area contributed by atoms with E-state index in [-0.39, 0.29) is 17.4 Å². The zero-order valence-electron chi connectivity index (χ0n) is 13.6. The first-order valence-corrected chi connectivity index (χ1v) is 8.51. The van der Waals surface area contributed by atoms with E-state index in [1.807, 2.05) is 18.2 Å². The lowest BCUT2D eigenvalue weighted by molar-refractivity contribution is 0.102. The number of nitrogens with one attached hydrogen (secondary N) is 1.